The minimum atomic E-state index is -0.534. The molecule has 1 aliphatic rings. The van der Waals surface area contributed by atoms with Gasteiger partial charge in [-0.05, 0) is 19.4 Å². The van der Waals surface area contributed by atoms with Crippen molar-refractivity contribution >= 4 is 5.97 Å². The second-order valence-electron chi connectivity index (χ2n) is 4.84. The van der Waals surface area contributed by atoms with Gasteiger partial charge in [-0.25, -0.2) is 0 Å². The maximum Gasteiger partial charge on any atom is 0.309 e. The predicted molar refractivity (Wildman–Crippen MR) is 69.9 cm³/mol. The average Bonchev–Trinajstić information content (AvgIpc) is 2.43. The van der Waals surface area contributed by atoms with E-state index in [0.717, 1.165) is 19.4 Å². The first kappa shape index (κ1) is 16.4. The molecule has 0 aromatic heterocycles. The van der Waals surface area contributed by atoms with Crippen molar-refractivity contribution in [2.45, 2.75) is 18.9 Å². The molecule has 0 spiro atoms. The van der Waals surface area contributed by atoms with Crippen LogP contribution < -0.4 is 0 Å². The van der Waals surface area contributed by atoms with Crippen LogP contribution in [0.1, 0.15) is 12.8 Å². The summed E-state index contributed by atoms with van der Waals surface area (Å²) in [4.78, 5) is 13.6. The van der Waals surface area contributed by atoms with E-state index in [9.17, 15) is 9.90 Å². The number of aliphatic hydroxyl groups is 1. The summed E-state index contributed by atoms with van der Waals surface area (Å²) in [6, 6.07) is 0. The highest BCUT2D eigenvalue weighted by Crippen LogP contribution is 2.17. The first-order valence-corrected chi connectivity index (χ1v) is 6.72. The molecule has 6 heteroatoms. The molecule has 0 aliphatic carbocycles. The second kappa shape index (κ2) is 9.25. The largest absolute Gasteiger partial charge is 0.469 e. The summed E-state index contributed by atoms with van der Waals surface area (Å²) in [6.07, 6.45) is 1.29. The molecule has 0 amide bonds. The van der Waals surface area contributed by atoms with Gasteiger partial charge in [0.25, 0.3) is 0 Å². The fourth-order valence-corrected chi connectivity index (χ4v) is 2.29. The van der Waals surface area contributed by atoms with E-state index in [1.807, 2.05) is 0 Å². The van der Waals surface area contributed by atoms with Crippen LogP contribution in [0.15, 0.2) is 0 Å². The number of rotatable bonds is 8. The molecule has 112 valence electrons. The van der Waals surface area contributed by atoms with E-state index in [0.29, 0.717) is 32.9 Å². The molecular weight excluding hydrogens is 250 g/mol. The number of β-amino-alcohol motifs (C(OH)–C–C–N with tert-alkyl or cyclic N) is 1. The topological polar surface area (TPSA) is 68.2 Å². The van der Waals surface area contributed by atoms with E-state index in [1.165, 1.54) is 7.11 Å². The van der Waals surface area contributed by atoms with E-state index >= 15 is 0 Å². The lowest BCUT2D eigenvalue weighted by Crippen LogP contribution is -2.43. The number of ether oxygens (including phenoxy) is 3. The van der Waals surface area contributed by atoms with Crippen molar-refractivity contribution in [3.05, 3.63) is 0 Å². The van der Waals surface area contributed by atoms with Gasteiger partial charge in [0.2, 0.25) is 0 Å². The minimum Gasteiger partial charge on any atom is -0.469 e. The molecule has 19 heavy (non-hydrogen) atoms. The molecule has 1 saturated heterocycles. The Morgan fingerprint density at radius 2 is 2.21 bits per heavy atom. The Labute approximate surface area is 114 Å². The molecule has 1 rings (SSSR count). The number of esters is 1. The molecule has 6 nitrogen and oxygen atoms in total. The van der Waals surface area contributed by atoms with Gasteiger partial charge in [-0.2, -0.15) is 0 Å². The van der Waals surface area contributed by atoms with Gasteiger partial charge in [0.1, 0.15) is 0 Å². The van der Waals surface area contributed by atoms with Crippen LogP contribution in [0.3, 0.4) is 0 Å². The van der Waals surface area contributed by atoms with Crippen molar-refractivity contribution in [1.82, 2.24) is 4.90 Å². The standard InChI is InChI=1S/C13H25NO5/c1-17-6-7-19-10-12(15)9-14-5-3-4-11(8-14)13(16)18-2/h11-12,15H,3-10H2,1-2H3/t11-,12?/m0/s1. The molecule has 0 radical (unpaired) electrons. The molecule has 1 unspecified atom stereocenters. The van der Waals surface area contributed by atoms with Crippen LogP contribution in [0.5, 0.6) is 0 Å². The summed E-state index contributed by atoms with van der Waals surface area (Å²) in [7, 11) is 3.03. The van der Waals surface area contributed by atoms with Gasteiger partial charge in [-0.15, -0.1) is 0 Å². The molecule has 0 aromatic rings. The predicted octanol–water partition coefficient (Wildman–Crippen LogP) is -0.105. The van der Waals surface area contributed by atoms with Crippen LogP contribution in [-0.2, 0) is 19.0 Å². The number of piperidine rings is 1. The van der Waals surface area contributed by atoms with Crippen LogP contribution in [0.4, 0.5) is 0 Å². The molecule has 0 bridgehead atoms. The van der Waals surface area contributed by atoms with Gasteiger partial charge in [0.05, 0.1) is 39.0 Å². The van der Waals surface area contributed by atoms with Crippen molar-refractivity contribution in [2.75, 3.05) is 53.7 Å². The number of likely N-dealkylation sites (tertiary alicyclic amines) is 1. The third kappa shape index (κ3) is 6.33. The summed E-state index contributed by atoms with van der Waals surface area (Å²) in [6.45, 7) is 3.40. The fourth-order valence-electron chi connectivity index (χ4n) is 2.29. The molecule has 1 aliphatic heterocycles. The number of nitrogens with zero attached hydrogens (tertiary/aromatic N) is 1. The zero-order chi connectivity index (χ0) is 14.1. The smallest absolute Gasteiger partial charge is 0.309 e. The Bertz CT molecular complexity index is 261. The highest BCUT2D eigenvalue weighted by atomic mass is 16.5. The third-order valence-corrected chi connectivity index (χ3v) is 3.25. The molecule has 1 fully saturated rings. The Balaban J connectivity index is 2.22. The average molecular weight is 275 g/mol. The quantitative estimate of drug-likeness (QED) is 0.493. The first-order chi connectivity index (χ1) is 9.17. The monoisotopic (exact) mass is 275 g/mol. The van der Waals surface area contributed by atoms with E-state index in [2.05, 4.69) is 4.90 Å². The van der Waals surface area contributed by atoms with E-state index in [1.54, 1.807) is 7.11 Å². The highest BCUT2D eigenvalue weighted by Gasteiger charge is 2.27. The summed E-state index contributed by atoms with van der Waals surface area (Å²) in [5.41, 5.74) is 0. The molecule has 0 saturated carbocycles. The van der Waals surface area contributed by atoms with E-state index in [4.69, 9.17) is 14.2 Å². The van der Waals surface area contributed by atoms with Crippen molar-refractivity contribution < 1.29 is 24.1 Å². The zero-order valence-corrected chi connectivity index (χ0v) is 11.8. The summed E-state index contributed by atoms with van der Waals surface area (Å²) >= 11 is 0. The molecule has 0 aromatic carbocycles. The lowest BCUT2D eigenvalue weighted by Gasteiger charge is -2.32. The Hall–Kier alpha value is -0.690. The van der Waals surface area contributed by atoms with Crippen LogP contribution in [0.2, 0.25) is 0 Å². The summed E-state index contributed by atoms with van der Waals surface area (Å²) in [5, 5.41) is 9.86. The first-order valence-electron chi connectivity index (χ1n) is 6.72. The third-order valence-electron chi connectivity index (χ3n) is 3.25. The van der Waals surface area contributed by atoms with Crippen LogP contribution in [0.25, 0.3) is 0 Å². The maximum atomic E-state index is 11.5. The van der Waals surface area contributed by atoms with Gasteiger partial charge >= 0.3 is 5.97 Å². The highest BCUT2D eigenvalue weighted by molar-refractivity contribution is 5.72. The van der Waals surface area contributed by atoms with Crippen LogP contribution in [0, 0.1) is 5.92 Å². The lowest BCUT2D eigenvalue weighted by atomic mass is 9.98. The Morgan fingerprint density at radius 1 is 1.42 bits per heavy atom. The van der Waals surface area contributed by atoms with Crippen LogP contribution >= 0.6 is 0 Å². The molecule has 1 N–H and O–H groups in total. The second-order valence-corrected chi connectivity index (χ2v) is 4.84. The van der Waals surface area contributed by atoms with Crippen LogP contribution in [-0.4, -0.2) is 75.8 Å². The SMILES string of the molecule is COCCOCC(O)CN1CCC[C@H](C(=O)OC)C1. The number of methoxy groups -OCH3 is 2. The molecule has 1 heterocycles. The normalized spacial score (nSPS) is 22.2. The van der Waals surface area contributed by atoms with Gasteiger partial charge in [-0.1, -0.05) is 0 Å². The number of carbonyl (C=O) groups excluding carboxylic acids is 1. The van der Waals surface area contributed by atoms with Crippen molar-refractivity contribution in [3.63, 3.8) is 0 Å². The maximum absolute atomic E-state index is 11.5. The van der Waals surface area contributed by atoms with Gasteiger partial charge < -0.3 is 19.3 Å². The van der Waals surface area contributed by atoms with Crippen molar-refractivity contribution in [1.29, 1.82) is 0 Å². The number of hydrogen-bond donors (Lipinski definition) is 1. The van der Waals surface area contributed by atoms with E-state index in [-0.39, 0.29) is 11.9 Å². The number of carbonyl (C=O) groups is 1. The minimum absolute atomic E-state index is 0.0691. The zero-order valence-electron chi connectivity index (χ0n) is 11.8. The van der Waals surface area contributed by atoms with Gasteiger partial charge in [-0.3, -0.25) is 9.69 Å². The fraction of sp³-hybridized carbons (Fsp3) is 0.923. The summed E-state index contributed by atoms with van der Waals surface area (Å²) in [5.74, 6) is -0.226. The van der Waals surface area contributed by atoms with E-state index < -0.39 is 6.10 Å². The lowest BCUT2D eigenvalue weighted by molar-refractivity contribution is -0.147. The molecular formula is C13H25NO5. The van der Waals surface area contributed by atoms with Gasteiger partial charge in [0.15, 0.2) is 0 Å². The Kier molecular flexibility index (Phi) is 7.97. The number of hydrogen-bond acceptors (Lipinski definition) is 6. The van der Waals surface area contributed by atoms with Gasteiger partial charge in [0, 0.05) is 20.2 Å². The number of aliphatic hydroxyl groups excluding tert-OH is 1. The Morgan fingerprint density at radius 3 is 2.89 bits per heavy atom. The van der Waals surface area contributed by atoms with Crippen molar-refractivity contribution in [2.24, 2.45) is 5.92 Å². The van der Waals surface area contributed by atoms with Crippen molar-refractivity contribution in [3.8, 4) is 0 Å². The molecule has 2 atom stereocenters. The summed E-state index contributed by atoms with van der Waals surface area (Å²) < 4.78 is 14.9.